The van der Waals surface area contributed by atoms with Crippen molar-refractivity contribution in [3.8, 4) is 5.75 Å². The van der Waals surface area contributed by atoms with Gasteiger partial charge >= 0.3 is 0 Å². The van der Waals surface area contributed by atoms with Gasteiger partial charge in [0.2, 0.25) is 5.91 Å². The summed E-state index contributed by atoms with van der Waals surface area (Å²) in [7, 11) is 3.26. The Morgan fingerprint density at radius 1 is 1.26 bits per heavy atom. The maximum atomic E-state index is 11.5. The molecule has 0 spiro atoms. The monoisotopic (exact) mass is 265 g/mol. The van der Waals surface area contributed by atoms with Crippen LogP contribution >= 0.6 is 0 Å². The van der Waals surface area contributed by atoms with Crippen molar-refractivity contribution in [2.24, 2.45) is 0 Å². The van der Waals surface area contributed by atoms with Crippen molar-refractivity contribution in [3.63, 3.8) is 0 Å². The number of amides is 1. The Morgan fingerprint density at radius 3 is 2.53 bits per heavy atom. The molecule has 1 amide bonds. The van der Waals surface area contributed by atoms with Gasteiger partial charge in [-0.1, -0.05) is 12.1 Å². The first kappa shape index (κ1) is 15.5. The van der Waals surface area contributed by atoms with Gasteiger partial charge in [-0.25, -0.2) is 0 Å². The molecule has 0 saturated carbocycles. The molecule has 106 valence electrons. The minimum absolute atomic E-state index is 0.0454. The Morgan fingerprint density at radius 2 is 1.95 bits per heavy atom. The Kier molecular flexibility index (Phi) is 6.97. The number of benzene rings is 1. The van der Waals surface area contributed by atoms with Gasteiger partial charge in [-0.2, -0.15) is 0 Å². The van der Waals surface area contributed by atoms with Crippen molar-refractivity contribution in [3.05, 3.63) is 29.8 Å². The molecular formula is C15H23NO3. The zero-order valence-corrected chi connectivity index (χ0v) is 11.9. The molecule has 0 aliphatic carbocycles. The average molecular weight is 265 g/mol. The summed E-state index contributed by atoms with van der Waals surface area (Å²) in [6.45, 7) is 2.49. The molecule has 1 rings (SSSR count). The van der Waals surface area contributed by atoms with Crippen LogP contribution in [0.3, 0.4) is 0 Å². The predicted octanol–water partition coefficient (Wildman–Crippen LogP) is 2.17. The number of aryl methyl sites for hydroxylation is 1. The third kappa shape index (κ3) is 6.25. The number of hydrogen-bond donors (Lipinski definition) is 1. The van der Waals surface area contributed by atoms with E-state index in [-0.39, 0.29) is 11.9 Å². The molecule has 0 radical (unpaired) electrons. The van der Waals surface area contributed by atoms with E-state index >= 15 is 0 Å². The lowest BCUT2D eigenvalue weighted by atomic mass is 10.1. The SMILES string of the molecule is COCCC(=O)N[C@H](C)CCc1ccc(OC)cc1. The highest BCUT2D eigenvalue weighted by atomic mass is 16.5. The summed E-state index contributed by atoms with van der Waals surface area (Å²) >= 11 is 0. The van der Waals surface area contributed by atoms with Crippen LogP contribution in [-0.4, -0.2) is 32.8 Å². The largest absolute Gasteiger partial charge is 0.497 e. The molecule has 0 unspecified atom stereocenters. The molecular weight excluding hydrogens is 242 g/mol. The van der Waals surface area contributed by atoms with Gasteiger partial charge in [0.1, 0.15) is 5.75 Å². The van der Waals surface area contributed by atoms with Crippen LogP contribution < -0.4 is 10.1 Å². The van der Waals surface area contributed by atoms with Crippen LogP contribution in [0.15, 0.2) is 24.3 Å². The minimum Gasteiger partial charge on any atom is -0.497 e. The molecule has 1 aromatic carbocycles. The summed E-state index contributed by atoms with van der Waals surface area (Å²) in [6, 6.07) is 8.19. The number of methoxy groups -OCH3 is 2. The van der Waals surface area contributed by atoms with Gasteiger partial charge in [-0.15, -0.1) is 0 Å². The molecule has 4 heteroatoms. The first-order chi connectivity index (χ1) is 9.15. The third-order valence-corrected chi connectivity index (χ3v) is 2.97. The van der Waals surface area contributed by atoms with Crippen molar-refractivity contribution in [1.29, 1.82) is 0 Å². The fourth-order valence-electron chi connectivity index (χ4n) is 1.79. The van der Waals surface area contributed by atoms with Crippen molar-refractivity contribution in [2.45, 2.75) is 32.2 Å². The fraction of sp³-hybridized carbons (Fsp3) is 0.533. The summed E-state index contributed by atoms with van der Waals surface area (Å²) in [5.74, 6) is 0.911. The lowest BCUT2D eigenvalue weighted by molar-refractivity contribution is -0.122. The average Bonchev–Trinajstić information content (AvgIpc) is 2.43. The smallest absolute Gasteiger partial charge is 0.222 e. The summed E-state index contributed by atoms with van der Waals surface area (Å²) in [5, 5.41) is 2.96. The van der Waals surface area contributed by atoms with Crippen LogP contribution in [-0.2, 0) is 16.0 Å². The number of carbonyl (C=O) groups excluding carboxylic acids is 1. The van der Waals surface area contributed by atoms with Crippen LogP contribution in [0.25, 0.3) is 0 Å². The summed E-state index contributed by atoms with van der Waals surface area (Å²) in [6.07, 6.45) is 2.28. The lowest BCUT2D eigenvalue weighted by Crippen LogP contribution is -2.33. The van der Waals surface area contributed by atoms with E-state index in [0.29, 0.717) is 13.0 Å². The number of rotatable bonds is 8. The molecule has 0 aromatic heterocycles. The van der Waals surface area contributed by atoms with Gasteiger partial charge in [0.15, 0.2) is 0 Å². The highest BCUT2D eigenvalue weighted by Gasteiger charge is 2.07. The molecule has 19 heavy (non-hydrogen) atoms. The van der Waals surface area contributed by atoms with E-state index in [1.807, 2.05) is 19.1 Å². The van der Waals surface area contributed by atoms with E-state index in [2.05, 4.69) is 17.4 Å². The minimum atomic E-state index is 0.0454. The normalized spacial score (nSPS) is 11.9. The van der Waals surface area contributed by atoms with E-state index in [9.17, 15) is 4.79 Å². The van der Waals surface area contributed by atoms with Gasteiger partial charge < -0.3 is 14.8 Å². The maximum Gasteiger partial charge on any atom is 0.222 e. The molecule has 0 heterocycles. The van der Waals surface area contributed by atoms with Crippen molar-refractivity contribution in [2.75, 3.05) is 20.8 Å². The number of carbonyl (C=O) groups is 1. The zero-order valence-electron chi connectivity index (χ0n) is 11.9. The highest BCUT2D eigenvalue weighted by Crippen LogP contribution is 2.13. The topological polar surface area (TPSA) is 47.6 Å². The molecule has 0 saturated heterocycles. The molecule has 0 aliphatic heterocycles. The molecule has 0 fully saturated rings. The Hall–Kier alpha value is -1.55. The van der Waals surface area contributed by atoms with E-state index in [1.165, 1.54) is 5.56 Å². The van der Waals surface area contributed by atoms with Crippen LogP contribution in [0.1, 0.15) is 25.3 Å². The zero-order chi connectivity index (χ0) is 14.1. The van der Waals surface area contributed by atoms with Crippen molar-refractivity contribution in [1.82, 2.24) is 5.32 Å². The standard InChI is InChI=1S/C15H23NO3/c1-12(16-15(17)10-11-18-2)4-5-13-6-8-14(19-3)9-7-13/h6-9,12H,4-5,10-11H2,1-3H3,(H,16,17)/t12-/m1/s1. The molecule has 1 aromatic rings. The summed E-state index contributed by atoms with van der Waals surface area (Å²) in [5.41, 5.74) is 1.25. The Bertz CT molecular complexity index is 375. The maximum absolute atomic E-state index is 11.5. The second-order valence-corrected chi connectivity index (χ2v) is 4.60. The third-order valence-electron chi connectivity index (χ3n) is 2.97. The van der Waals surface area contributed by atoms with E-state index in [0.717, 1.165) is 18.6 Å². The molecule has 1 N–H and O–H groups in total. The summed E-state index contributed by atoms with van der Waals surface area (Å²) in [4.78, 5) is 11.5. The predicted molar refractivity (Wildman–Crippen MR) is 75.4 cm³/mol. The lowest BCUT2D eigenvalue weighted by Gasteiger charge is -2.13. The van der Waals surface area contributed by atoms with Crippen LogP contribution in [0.5, 0.6) is 5.75 Å². The Labute approximate surface area is 115 Å². The van der Waals surface area contributed by atoms with Gasteiger partial charge in [-0.3, -0.25) is 4.79 Å². The van der Waals surface area contributed by atoms with Gasteiger partial charge in [0.05, 0.1) is 13.7 Å². The molecule has 1 atom stereocenters. The molecule has 0 aliphatic rings. The molecule has 0 bridgehead atoms. The second-order valence-electron chi connectivity index (χ2n) is 4.60. The van der Waals surface area contributed by atoms with Crippen molar-refractivity contribution >= 4 is 5.91 Å². The van der Waals surface area contributed by atoms with Crippen LogP contribution in [0.4, 0.5) is 0 Å². The first-order valence-electron chi connectivity index (χ1n) is 6.57. The first-order valence-corrected chi connectivity index (χ1v) is 6.57. The van der Waals surface area contributed by atoms with Crippen LogP contribution in [0, 0.1) is 0 Å². The number of ether oxygens (including phenoxy) is 2. The quantitative estimate of drug-likeness (QED) is 0.783. The summed E-state index contributed by atoms with van der Waals surface area (Å²) < 4.78 is 9.99. The highest BCUT2D eigenvalue weighted by molar-refractivity contribution is 5.76. The second kappa shape index (κ2) is 8.53. The van der Waals surface area contributed by atoms with Gasteiger partial charge in [0, 0.05) is 19.6 Å². The fourth-order valence-corrected chi connectivity index (χ4v) is 1.79. The van der Waals surface area contributed by atoms with E-state index in [1.54, 1.807) is 14.2 Å². The Balaban J connectivity index is 2.28. The van der Waals surface area contributed by atoms with Gasteiger partial charge in [0.25, 0.3) is 0 Å². The van der Waals surface area contributed by atoms with E-state index in [4.69, 9.17) is 9.47 Å². The van der Waals surface area contributed by atoms with E-state index < -0.39 is 0 Å². The molecule has 4 nitrogen and oxygen atoms in total. The van der Waals surface area contributed by atoms with Crippen molar-refractivity contribution < 1.29 is 14.3 Å². The van der Waals surface area contributed by atoms with Gasteiger partial charge in [-0.05, 0) is 37.5 Å². The number of nitrogens with one attached hydrogen (secondary N) is 1. The van der Waals surface area contributed by atoms with Crippen LogP contribution in [0.2, 0.25) is 0 Å². The number of hydrogen-bond acceptors (Lipinski definition) is 3.